The van der Waals surface area contributed by atoms with Crippen LogP contribution in [0.2, 0.25) is 0 Å². The monoisotopic (exact) mass is 296 g/mol. The first-order chi connectivity index (χ1) is 8.29. The van der Waals surface area contributed by atoms with E-state index in [0.29, 0.717) is 6.04 Å². The summed E-state index contributed by atoms with van der Waals surface area (Å²) in [5.74, 6) is 0.932. The van der Waals surface area contributed by atoms with Crippen molar-refractivity contribution in [1.82, 2.24) is 10.3 Å². The topological polar surface area (TPSA) is 24.9 Å². The molecule has 3 heteroatoms. The first-order valence-electron chi connectivity index (χ1n) is 6.62. The van der Waals surface area contributed by atoms with Crippen molar-refractivity contribution in [3.8, 4) is 0 Å². The van der Waals surface area contributed by atoms with Gasteiger partial charge in [-0.15, -0.1) is 0 Å². The van der Waals surface area contributed by atoms with Crippen molar-refractivity contribution < 1.29 is 0 Å². The summed E-state index contributed by atoms with van der Waals surface area (Å²) in [6.45, 7) is 3.38. The van der Waals surface area contributed by atoms with Gasteiger partial charge in [-0.05, 0) is 72.1 Å². The van der Waals surface area contributed by atoms with Crippen molar-refractivity contribution in [2.24, 2.45) is 5.92 Å². The zero-order chi connectivity index (χ0) is 12.1. The van der Waals surface area contributed by atoms with E-state index in [-0.39, 0.29) is 0 Å². The lowest BCUT2D eigenvalue weighted by atomic mass is 10.0. The summed E-state index contributed by atoms with van der Waals surface area (Å²) in [5.41, 5.74) is 1.34. The number of rotatable bonds is 7. The zero-order valence-corrected chi connectivity index (χ0v) is 12.0. The Morgan fingerprint density at radius 2 is 2.29 bits per heavy atom. The van der Waals surface area contributed by atoms with Gasteiger partial charge in [-0.2, -0.15) is 0 Å². The summed E-state index contributed by atoms with van der Waals surface area (Å²) in [6, 6.07) is 2.89. The largest absolute Gasteiger partial charge is 0.314 e. The Morgan fingerprint density at radius 3 is 2.94 bits per heavy atom. The second-order valence-corrected chi connectivity index (χ2v) is 5.86. The molecular weight excluding hydrogens is 276 g/mol. The third-order valence-corrected chi connectivity index (χ3v) is 3.79. The molecule has 1 aromatic heterocycles. The van der Waals surface area contributed by atoms with Gasteiger partial charge in [-0.3, -0.25) is 4.98 Å². The number of aryl methyl sites for hydroxylation is 1. The Labute approximate surface area is 112 Å². The molecular formula is C14H21BrN2. The molecule has 1 saturated carbocycles. The molecule has 0 spiro atoms. The first kappa shape index (κ1) is 13.0. The molecule has 1 unspecified atom stereocenters. The van der Waals surface area contributed by atoms with Crippen LogP contribution in [-0.2, 0) is 6.42 Å². The molecule has 1 fully saturated rings. The van der Waals surface area contributed by atoms with Crippen LogP contribution in [0.25, 0.3) is 0 Å². The van der Waals surface area contributed by atoms with E-state index in [1.165, 1.54) is 31.2 Å². The predicted molar refractivity (Wildman–Crippen MR) is 75.1 cm³/mol. The fourth-order valence-corrected chi connectivity index (χ4v) is 2.66. The molecule has 1 aliphatic carbocycles. The van der Waals surface area contributed by atoms with E-state index in [0.717, 1.165) is 23.4 Å². The maximum atomic E-state index is 4.22. The van der Waals surface area contributed by atoms with E-state index < -0.39 is 0 Å². The molecule has 0 bridgehead atoms. The number of hydrogen-bond donors (Lipinski definition) is 1. The van der Waals surface area contributed by atoms with Crippen LogP contribution in [0.1, 0.15) is 38.2 Å². The third-order valence-electron chi connectivity index (χ3n) is 3.35. The first-order valence-corrected chi connectivity index (χ1v) is 7.41. The highest BCUT2D eigenvalue weighted by Crippen LogP contribution is 2.34. The quantitative estimate of drug-likeness (QED) is 0.832. The average molecular weight is 297 g/mol. The van der Waals surface area contributed by atoms with Gasteiger partial charge in [-0.1, -0.05) is 6.92 Å². The normalized spacial score (nSPS) is 17.1. The Bertz CT molecular complexity index is 350. The van der Waals surface area contributed by atoms with Crippen molar-refractivity contribution >= 4 is 15.9 Å². The molecule has 1 heterocycles. The van der Waals surface area contributed by atoms with Gasteiger partial charge in [0.2, 0.25) is 0 Å². The Morgan fingerprint density at radius 1 is 1.47 bits per heavy atom. The minimum absolute atomic E-state index is 0.717. The predicted octanol–water partition coefficient (Wildman–Crippen LogP) is 3.55. The van der Waals surface area contributed by atoms with Crippen LogP contribution in [0.5, 0.6) is 0 Å². The molecule has 0 amide bonds. The number of hydrogen-bond acceptors (Lipinski definition) is 2. The maximum Gasteiger partial charge on any atom is 0.0410 e. The number of halogens is 1. The van der Waals surface area contributed by atoms with Crippen LogP contribution in [-0.4, -0.2) is 17.6 Å². The summed E-state index contributed by atoms with van der Waals surface area (Å²) in [6.07, 6.45) is 10.2. The molecule has 2 nitrogen and oxygen atoms in total. The van der Waals surface area contributed by atoms with Crippen LogP contribution >= 0.6 is 15.9 Å². The van der Waals surface area contributed by atoms with E-state index in [9.17, 15) is 0 Å². The lowest BCUT2D eigenvalue weighted by molar-refractivity contribution is 0.435. The molecule has 1 aromatic rings. The molecule has 2 rings (SSSR count). The van der Waals surface area contributed by atoms with Crippen molar-refractivity contribution in [3.63, 3.8) is 0 Å². The smallest absolute Gasteiger partial charge is 0.0410 e. The van der Waals surface area contributed by atoms with Crippen molar-refractivity contribution in [3.05, 3.63) is 28.5 Å². The number of nitrogens with one attached hydrogen (secondary N) is 1. The lowest BCUT2D eigenvalue weighted by Gasteiger charge is -2.17. The molecule has 0 radical (unpaired) electrons. The van der Waals surface area contributed by atoms with E-state index in [1.54, 1.807) is 0 Å². The minimum atomic E-state index is 0.717. The SMILES string of the molecule is CCCNC(CCc1cncc(Br)c1)C1CC1. The second kappa shape index (κ2) is 6.50. The lowest BCUT2D eigenvalue weighted by Crippen LogP contribution is -2.32. The molecule has 0 aliphatic heterocycles. The van der Waals surface area contributed by atoms with E-state index in [2.05, 4.69) is 39.2 Å². The van der Waals surface area contributed by atoms with Gasteiger partial charge in [0.25, 0.3) is 0 Å². The highest BCUT2D eigenvalue weighted by atomic mass is 79.9. The standard InChI is InChI=1S/C14H21BrN2/c1-2-7-17-14(12-4-5-12)6-3-11-8-13(15)10-16-9-11/h8-10,12,14,17H,2-7H2,1H3. The molecule has 17 heavy (non-hydrogen) atoms. The Hall–Kier alpha value is -0.410. The highest BCUT2D eigenvalue weighted by Gasteiger charge is 2.30. The maximum absolute atomic E-state index is 4.22. The van der Waals surface area contributed by atoms with Gasteiger partial charge in [0.15, 0.2) is 0 Å². The molecule has 94 valence electrons. The van der Waals surface area contributed by atoms with Gasteiger partial charge in [0.1, 0.15) is 0 Å². The molecule has 1 N–H and O–H groups in total. The van der Waals surface area contributed by atoms with Crippen molar-refractivity contribution in [2.75, 3.05) is 6.54 Å². The highest BCUT2D eigenvalue weighted by molar-refractivity contribution is 9.10. The van der Waals surface area contributed by atoms with E-state index in [4.69, 9.17) is 0 Å². The van der Waals surface area contributed by atoms with Crippen LogP contribution < -0.4 is 5.32 Å². The van der Waals surface area contributed by atoms with Crippen LogP contribution in [0, 0.1) is 5.92 Å². The van der Waals surface area contributed by atoms with Crippen molar-refractivity contribution in [2.45, 2.75) is 45.1 Å². The van der Waals surface area contributed by atoms with Gasteiger partial charge >= 0.3 is 0 Å². The van der Waals surface area contributed by atoms with Crippen LogP contribution in [0.4, 0.5) is 0 Å². The minimum Gasteiger partial charge on any atom is -0.314 e. The van der Waals surface area contributed by atoms with E-state index in [1.807, 2.05) is 12.4 Å². The summed E-state index contributed by atoms with van der Waals surface area (Å²) < 4.78 is 1.08. The van der Waals surface area contributed by atoms with Gasteiger partial charge in [0.05, 0.1) is 0 Å². The number of aromatic nitrogens is 1. The fourth-order valence-electron chi connectivity index (χ4n) is 2.25. The summed E-state index contributed by atoms with van der Waals surface area (Å²) >= 11 is 3.47. The van der Waals surface area contributed by atoms with Gasteiger partial charge < -0.3 is 5.32 Å². The Balaban J connectivity index is 1.82. The van der Waals surface area contributed by atoms with Crippen LogP contribution in [0.15, 0.2) is 22.9 Å². The number of pyridine rings is 1. The zero-order valence-electron chi connectivity index (χ0n) is 10.5. The molecule has 1 atom stereocenters. The van der Waals surface area contributed by atoms with E-state index >= 15 is 0 Å². The Kier molecular flexibility index (Phi) is 4.99. The van der Waals surface area contributed by atoms with Gasteiger partial charge in [0, 0.05) is 22.9 Å². The third kappa shape index (κ3) is 4.40. The summed E-state index contributed by atoms with van der Waals surface area (Å²) in [7, 11) is 0. The average Bonchev–Trinajstić information content (AvgIpc) is 3.13. The second-order valence-electron chi connectivity index (χ2n) is 4.95. The van der Waals surface area contributed by atoms with Gasteiger partial charge in [-0.25, -0.2) is 0 Å². The molecule has 1 aliphatic rings. The molecule has 0 saturated heterocycles. The summed E-state index contributed by atoms with van der Waals surface area (Å²) in [5, 5.41) is 3.68. The molecule has 0 aromatic carbocycles. The van der Waals surface area contributed by atoms with Crippen molar-refractivity contribution in [1.29, 1.82) is 0 Å². The summed E-state index contributed by atoms with van der Waals surface area (Å²) in [4.78, 5) is 4.22. The van der Waals surface area contributed by atoms with Crippen LogP contribution in [0.3, 0.4) is 0 Å². The number of nitrogens with zero attached hydrogens (tertiary/aromatic N) is 1. The fraction of sp³-hybridized carbons (Fsp3) is 0.643.